The zero-order valence-electron chi connectivity index (χ0n) is 20.0. The maximum atomic E-state index is 9.77. The van der Waals surface area contributed by atoms with Gasteiger partial charge in [0.2, 0.25) is 0 Å². The van der Waals surface area contributed by atoms with E-state index in [1.807, 2.05) is 60.8 Å². The average molecular weight is 475 g/mol. The average Bonchev–Trinajstić information content (AvgIpc) is 3.41. The van der Waals surface area contributed by atoms with Crippen molar-refractivity contribution in [1.29, 1.82) is 5.26 Å². The van der Waals surface area contributed by atoms with Gasteiger partial charge in [-0.2, -0.15) is 5.26 Å². The topological polar surface area (TPSA) is 98.7 Å². The summed E-state index contributed by atoms with van der Waals surface area (Å²) < 4.78 is 5.89. The molecule has 0 fully saturated rings. The van der Waals surface area contributed by atoms with Gasteiger partial charge in [0.25, 0.3) is 0 Å². The van der Waals surface area contributed by atoms with Crippen molar-refractivity contribution in [2.24, 2.45) is 0 Å². The molecule has 0 bridgehead atoms. The fraction of sp³-hybridized carbons (Fsp3) is 0.138. The first kappa shape index (κ1) is 23.1. The lowest BCUT2D eigenvalue weighted by molar-refractivity contribution is 0.313. The Hall–Kier alpha value is -4.67. The van der Waals surface area contributed by atoms with E-state index in [0.29, 0.717) is 25.3 Å². The molecule has 36 heavy (non-hydrogen) atoms. The normalized spacial score (nSPS) is 10.8. The van der Waals surface area contributed by atoms with Crippen LogP contribution in [0.5, 0.6) is 5.75 Å². The monoisotopic (exact) mass is 474 g/mol. The van der Waals surface area contributed by atoms with Crippen molar-refractivity contribution in [3.8, 4) is 22.9 Å². The number of rotatable bonds is 9. The third-order valence-corrected chi connectivity index (χ3v) is 6.07. The highest BCUT2D eigenvalue weighted by molar-refractivity contribution is 5.91. The number of benzene rings is 2. The number of H-pyrrole nitrogens is 1. The Balaban J connectivity index is 1.29. The van der Waals surface area contributed by atoms with Gasteiger partial charge in [-0.05, 0) is 60.5 Å². The SMILES string of the molecule is Cc1c(Nc2c(C#N)cncc2-c2ccc(OCCNCc3ccccn3)cc2)ccc2[nH]ccc12. The van der Waals surface area contributed by atoms with Crippen LogP contribution in [0.4, 0.5) is 11.4 Å². The molecule has 178 valence electrons. The molecule has 7 nitrogen and oxygen atoms in total. The molecule has 3 N–H and O–H groups in total. The third kappa shape index (κ3) is 5.04. The predicted molar refractivity (Wildman–Crippen MR) is 142 cm³/mol. The molecule has 0 unspecified atom stereocenters. The van der Waals surface area contributed by atoms with Crippen molar-refractivity contribution in [3.63, 3.8) is 0 Å². The van der Waals surface area contributed by atoms with E-state index < -0.39 is 0 Å². The molecule has 0 amide bonds. The number of nitrogens with zero attached hydrogens (tertiary/aromatic N) is 3. The van der Waals surface area contributed by atoms with Crippen LogP contribution in [0.2, 0.25) is 0 Å². The molecule has 0 atom stereocenters. The zero-order valence-corrected chi connectivity index (χ0v) is 20.0. The number of ether oxygens (including phenoxy) is 1. The van der Waals surface area contributed by atoms with E-state index in [1.54, 1.807) is 18.6 Å². The van der Waals surface area contributed by atoms with Crippen LogP contribution in [0, 0.1) is 18.3 Å². The van der Waals surface area contributed by atoms with Gasteiger partial charge in [-0.3, -0.25) is 9.97 Å². The molecule has 0 aliphatic heterocycles. The fourth-order valence-electron chi connectivity index (χ4n) is 4.14. The van der Waals surface area contributed by atoms with Crippen LogP contribution < -0.4 is 15.4 Å². The minimum atomic E-state index is 0.486. The van der Waals surface area contributed by atoms with E-state index in [-0.39, 0.29) is 0 Å². The second-order valence-corrected chi connectivity index (χ2v) is 8.39. The fourth-order valence-corrected chi connectivity index (χ4v) is 4.14. The second-order valence-electron chi connectivity index (χ2n) is 8.39. The van der Waals surface area contributed by atoms with E-state index in [0.717, 1.165) is 50.4 Å². The smallest absolute Gasteiger partial charge is 0.119 e. The van der Waals surface area contributed by atoms with Crippen LogP contribution in [-0.4, -0.2) is 28.1 Å². The van der Waals surface area contributed by atoms with Crippen molar-refractivity contribution < 1.29 is 4.74 Å². The van der Waals surface area contributed by atoms with Crippen molar-refractivity contribution >= 4 is 22.3 Å². The number of aryl methyl sites for hydroxylation is 1. The Morgan fingerprint density at radius 2 is 1.92 bits per heavy atom. The summed E-state index contributed by atoms with van der Waals surface area (Å²) in [6.45, 7) is 4.04. The number of anilines is 2. The summed E-state index contributed by atoms with van der Waals surface area (Å²) >= 11 is 0. The van der Waals surface area contributed by atoms with Gasteiger partial charge in [0.15, 0.2) is 0 Å². The first-order valence-electron chi connectivity index (χ1n) is 11.8. The van der Waals surface area contributed by atoms with E-state index in [1.165, 1.54) is 0 Å². The van der Waals surface area contributed by atoms with E-state index in [4.69, 9.17) is 4.74 Å². The molecule has 3 aromatic heterocycles. The number of aromatic nitrogens is 3. The molecule has 7 heteroatoms. The molecule has 0 radical (unpaired) electrons. The second kappa shape index (κ2) is 10.7. The van der Waals surface area contributed by atoms with Gasteiger partial charge in [-0.1, -0.05) is 18.2 Å². The van der Waals surface area contributed by atoms with Crippen LogP contribution in [0.25, 0.3) is 22.0 Å². The van der Waals surface area contributed by atoms with Gasteiger partial charge in [-0.15, -0.1) is 0 Å². The maximum Gasteiger partial charge on any atom is 0.119 e. The number of nitriles is 1. The van der Waals surface area contributed by atoms with Crippen LogP contribution in [0.1, 0.15) is 16.8 Å². The summed E-state index contributed by atoms with van der Waals surface area (Å²) in [4.78, 5) is 11.8. The number of aromatic amines is 1. The lowest BCUT2D eigenvalue weighted by Gasteiger charge is -2.16. The lowest BCUT2D eigenvalue weighted by Crippen LogP contribution is -2.21. The minimum absolute atomic E-state index is 0.486. The zero-order chi connectivity index (χ0) is 24.7. The summed E-state index contributed by atoms with van der Waals surface area (Å²) in [5, 5.41) is 17.7. The summed E-state index contributed by atoms with van der Waals surface area (Å²) in [6.07, 6.45) is 7.09. The molecule has 2 aromatic carbocycles. The first-order chi connectivity index (χ1) is 17.7. The van der Waals surface area contributed by atoms with Crippen molar-refractivity contribution in [2.45, 2.75) is 13.5 Å². The van der Waals surface area contributed by atoms with Crippen molar-refractivity contribution in [1.82, 2.24) is 20.3 Å². The summed E-state index contributed by atoms with van der Waals surface area (Å²) in [5.74, 6) is 0.783. The van der Waals surface area contributed by atoms with E-state index in [9.17, 15) is 5.26 Å². The number of pyridine rings is 2. The molecule has 0 aliphatic carbocycles. The molecule has 5 rings (SSSR count). The number of fused-ring (bicyclic) bond motifs is 1. The predicted octanol–water partition coefficient (Wildman–Crippen LogP) is 5.72. The first-order valence-corrected chi connectivity index (χ1v) is 11.8. The Kier molecular flexibility index (Phi) is 6.88. The number of hydrogen-bond donors (Lipinski definition) is 3. The van der Waals surface area contributed by atoms with Crippen LogP contribution in [-0.2, 0) is 6.54 Å². The van der Waals surface area contributed by atoms with Crippen LogP contribution in [0.3, 0.4) is 0 Å². The molecule has 5 aromatic rings. The van der Waals surface area contributed by atoms with Crippen LogP contribution >= 0.6 is 0 Å². The molecule has 0 saturated carbocycles. The van der Waals surface area contributed by atoms with Crippen LogP contribution in [0.15, 0.2) is 85.5 Å². The largest absolute Gasteiger partial charge is 0.492 e. The van der Waals surface area contributed by atoms with Gasteiger partial charge in [0, 0.05) is 60.0 Å². The van der Waals surface area contributed by atoms with E-state index in [2.05, 4.69) is 44.6 Å². The van der Waals surface area contributed by atoms with Crippen molar-refractivity contribution in [3.05, 3.63) is 102 Å². The minimum Gasteiger partial charge on any atom is -0.492 e. The van der Waals surface area contributed by atoms with Gasteiger partial charge in [0.05, 0.1) is 16.9 Å². The molecule has 3 heterocycles. The molecule has 0 aliphatic rings. The standard InChI is InChI=1S/C29H26N6O/c1-20-25-11-13-34-28(25)10-9-27(20)35-29-22(16-30)17-32-19-26(29)21-5-7-24(8-6-21)36-15-14-31-18-23-4-2-3-12-33-23/h2-13,17,19,31,34H,14-15,18H2,1H3,(H,32,35). The maximum absolute atomic E-state index is 9.77. The van der Waals surface area contributed by atoms with Gasteiger partial charge in [-0.25, -0.2) is 0 Å². The van der Waals surface area contributed by atoms with Gasteiger partial charge >= 0.3 is 0 Å². The Bertz CT molecular complexity index is 1500. The highest BCUT2D eigenvalue weighted by atomic mass is 16.5. The number of hydrogen-bond acceptors (Lipinski definition) is 6. The molecule has 0 saturated heterocycles. The van der Waals surface area contributed by atoms with Crippen molar-refractivity contribution in [2.75, 3.05) is 18.5 Å². The Labute approximate surface area is 209 Å². The quantitative estimate of drug-likeness (QED) is 0.237. The Morgan fingerprint density at radius 1 is 1.03 bits per heavy atom. The molecular formula is C29H26N6O. The molecular weight excluding hydrogens is 448 g/mol. The Morgan fingerprint density at radius 3 is 2.72 bits per heavy atom. The highest BCUT2D eigenvalue weighted by Crippen LogP contribution is 2.35. The number of nitrogens with one attached hydrogen (secondary N) is 3. The summed E-state index contributed by atoms with van der Waals surface area (Å²) in [6, 6.07) is 22.1. The van der Waals surface area contributed by atoms with E-state index >= 15 is 0 Å². The highest BCUT2D eigenvalue weighted by Gasteiger charge is 2.14. The van der Waals surface area contributed by atoms with Gasteiger partial charge < -0.3 is 20.4 Å². The molecule has 0 spiro atoms. The summed E-state index contributed by atoms with van der Waals surface area (Å²) in [7, 11) is 0. The summed E-state index contributed by atoms with van der Waals surface area (Å²) in [5.41, 5.74) is 7.16. The lowest BCUT2D eigenvalue weighted by atomic mass is 10.0. The third-order valence-electron chi connectivity index (χ3n) is 6.07. The van der Waals surface area contributed by atoms with Gasteiger partial charge in [0.1, 0.15) is 18.4 Å².